The lowest BCUT2D eigenvalue weighted by atomic mass is 9.97. The Hall–Kier alpha value is -4.82. The van der Waals surface area contributed by atoms with Crippen LogP contribution in [0, 0.1) is 0 Å². The standard InChI is InChI=1S/C35H26N2/c1-2-3-4-5-6-12-28-22-34(37-33-21-20-25-11-7-10-15-31(25)35(28)33)27-18-16-26(17-19-27)32-24-36-23-29-13-8-9-14-30(29)32/h2-24H,1H3/b3-2-,5-4-,12-6+. The smallest absolute Gasteiger partial charge is 0.0722 e. The van der Waals surface area contributed by atoms with Gasteiger partial charge in [-0.25, -0.2) is 4.98 Å². The zero-order chi connectivity index (χ0) is 25.0. The second-order valence-electron chi connectivity index (χ2n) is 9.03. The monoisotopic (exact) mass is 474 g/mol. The first-order valence-corrected chi connectivity index (χ1v) is 12.5. The van der Waals surface area contributed by atoms with Crippen LogP contribution in [0.5, 0.6) is 0 Å². The van der Waals surface area contributed by atoms with E-state index in [0.717, 1.165) is 38.9 Å². The van der Waals surface area contributed by atoms with Crippen molar-refractivity contribution in [3.8, 4) is 22.4 Å². The molecule has 0 unspecified atom stereocenters. The predicted octanol–water partition coefficient (Wildman–Crippen LogP) is 9.42. The minimum Gasteiger partial charge on any atom is -0.263 e. The fourth-order valence-electron chi connectivity index (χ4n) is 4.88. The second-order valence-corrected chi connectivity index (χ2v) is 9.03. The van der Waals surface area contributed by atoms with E-state index in [1.807, 2.05) is 43.6 Å². The quantitative estimate of drug-likeness (QED) is 0.184. The zero-order valence-corrected chi connectivity index (χ0v) is 20.7. The summed E-state index contributed by atoms with van der Waals surface area (Å²) in [6.07, 6.45) is 16.3. The average Bonchev–Trinajstić information content (AvgIpc) is 2.96. The van der Waals surface area contributed by atoms with E-state index >= 15 is 0 Å². The Labute approximate surface area is 217 Å². The summed E-state index contributed by atoms with van der Waals surface area (Å²) < 4.78 is 0. The Balaban J connectivity index is 1.46. The van der Waals surface area contributed by atoms with Crippen LogP contribution in [0.4, 0.5) is 0 Å². The van der Waals surface area contributed by atoms with E-state index in [2.05, 4.69) is 108 Å². The molecular weight excluding hydrogens is 448 g/mol. The van der Waals surface area contributed by atoms with Gasteiger partial charge in [-0.05, 0) is 46.3 Å². The lowest BCUT2D eigenvalue weighted by Crippen LogP contribution is -1.91. The van der Waals surface area contributed by atoms with Gasteiger partial charge in [-0.2, -0.15) is 0 Å². The van der Waals surface area contributed by atoms with Crippen LogP contribution in [0.25, 0.3) is 60.9 Å². The number of rotatable bonds is 5. The van der Waals surface area contributed by atoms with Gasteiger partial charge in [-0.3, -0.25) is 4.98 Å². The van der Waals surface area contributed by atoms with E-state index in [1.165, 1.54) is 21.5 Å². The molecule has 0 saturated carbocycles. The largest absolute Gasteiger partial charge is 0.263 e. The van der Waals surface area contributed by atoms with E-state index in [-0.39, 0.29) is 0 Å². The van der Waals surface area contributed by atoms with Crippen molar-refractivity contribution in [3.63, 3.8) is 0 Å². The fourth-order valence-corrected chi connectivity index (χ4v) is 4.88. The summed E-state index contributed by atoms with van der Waals surface area (Å²) in [5.74, 6) is 0. The van der Waals surface area contributed by atoms with E-state index in [4.69, 9.17) is 4.98 Å². The molecule has 6 rings (SSSR count). The molecule has 6 aromatic rings. The van der Waals surface area contributed by atoms with Crippen LogP contribution < -0.4 is 0 Å². The van der Waals surface area contributed by atoms with Gasteiger partial charge >= 0.3 is 0 Å². The van der Waals surface area contributed by atoms with Gasteiger partial charge in [0.05, 0.1) is 11.2 Å². The lowest BCUT2D eigenvalue weighted by Gasteiger charge is -2.11. The maximum atomic E-state index is 5.09. The molecule has 2 aromatic heterocycles. The number of benzene rings is 4. The van der Waals surface area contributed by atoms with Crippen LogP contribution in [0.15, 0.2) is 134 Å². The SMILES string of the molecule is C\C=C/C=C\C=C\c1cc(-c2ccc(-c3cncc4ccccc34)cc2)nc2ccc3ccccc3c12. The van der Waals surface area contributed by atoms with Crippen LogP contribution in [0.1, 0.15) is 12.5 Å². The van der Waals surface area contributed by atoms with Crippen molar-refractivity contribution < 1.29 is 0 Å². The van der Waals surface area contributed by atoms with Crippen LogP contribution in [0.3, 0.4) is 0 Å². The zero-order valence-electron chi connectivity index (χ0n) is 20.7. The normalized spacial score (nSPS) is 12.1. The summed E-state index contributed by atoms with van der Waals surface area (Å²) in [5, 5.41) is 5.97. The highest BCUT2D eigenvalue weighted by Gasteiger charge is 2.10. The van der Waals surface area contributed by atoms with Crippen LogP contribution in [0.2, 0.25) is 0 Å². The van der Waals surface area contributed by atoms with Gasteiger partial charge in [-0.1, -0.05) is 115 Å². The highest BCUT2D eigenvalue weighted by molar-refractivity contribution is 6.10. The van der Waals surface area contributed by atoms with Crippen LogP contribution >= 0.6 is 0 Å². The maximum Gasteiger partial charge on any atom is 0.0722 e. The van der Waals surface area contributed by atoms with Crippen molar-refractivity contribution >= 4 is 38.5 Å². The number of allylic oxidation sites excluding steroid dienone is 5. The van der Waals surface area contributed by atoms with E-state index in [0.29, 0.717) is 0 Å². The highest BCUT2D eigenvalue weighted by Crippen LogP contribution is 2.33. The molecule has 176 valence electrons. The molecule has 0 bridgehead atoms. The Morgan fingerprint density at radius 2 is 1.35 bits per heavy atom. The third kappa shape index (κ3) is 4.46. The first-order valence-electron chi connectivity index (χ1n) is 12.5. The third-order valence-corrected chi connectivity index (χ3v) is 6.69. The highest BCUT2D eigenvalue weighted by atomic mass is 14.7. The molecule has 0 N–H and O–H groups in total. The van der Waals surface area contributed by atoms with E-state index in [9.17, 15) is 0 Å². The maximum absolute atomic E-state index is 5.09. The Kier molecular flexibility index (Phi) is 6.14. The summed E-state index contributed by atoms with van der Waals surface area (Å²) >= 11 is 0. The van der Waals surface area contributed by atoms with Gasteiger partial charge < -0.3 is 0 Å². The molecule has 2 heterocycles. The molecule has 2 nitrogen and oxygen atoms in total. The Bertz CT molecular complexity index is 1820. The number of fused-ring (bicyclic) bond motifs is 4. The summed E-state index contributed by atoms with van der Waals surface area (Å²) in [4.78, 5) is 9.55. The molecule has 0 saturated heterocycles. The van der Waals surface area contributed by atoms with Crippen molar-refractivity contribution in [2.45, 2.75) is 6.92 Å². The summed E-state index contributed by atoms with van der Waals surface area (Å²) in [6.45, 7) is 2.02. The minimum atomic E-state index is 0.961. The summed E-state index contributed by atoms with van der Waals surface area (Å²) in [7, 11) is 0. The molecule has 37 heavy (non-hydrogen) atoms. The van der Waals surface area contributed by atoms with Crippen molar-refractivity contribution in [1.29, 1.82) is 0 Å². The van der Waals surface area contributed by atoms with Gasteiger partial charge in [-0.15, -0.1) is 0 Å². The molecule has 0 atom stereocenters. The van der Waals surface area contributed by atoms with E-state index < -0.39 is 0 Å². The number of pyridine rings is 2. The molecule has 0 amide bonds. The number of hydrogen-bond acceptors (Lipinski definition) is 2. The molecule has 0 aliphatic carbocycles. The number of aromatic nitrogens is 2. The molecule has 0 aliphatic rings. The molecule has 4 aromatic carbocycles. The Morgan fingerprint density at radius 1 is 0.622 bits per heavy atom. The summed E-state index contributed by atoms with van der Waals surface area (Å²) in [5.41, 5.74) is 6.49. The average molecular weight is 475 g/mol. The third-order valence-electron chi connectivity index (χ3n) is 6.69. The minimum absolute atomic E-state index is 0.961. The molecule has 0 fully saturated rings. The number of hydrogen-bond donors (Lipinski definition) is 0. The lowest BCUT2D eigenvalue weighted by molar-refractivity contribution is 1.36. The fraction of sp³-hybridized carbons (Fsp3) is 0.0286. The second kappa shape index (κ2) is 10.0. The Morgan fingerprint density at radius 3 is 2.19 bits per heavy atom. The first-order chi connectivity index (χ1) is 18.3. The van der Waals surface area contributed by atoms with Crippen LogP contribution in [-0.4, -0.2) is 9.97 Å². The van der Waals surface area contributed by atoms with Gasteiger partial charge in [0.25, 0.3) is 0 Å². The number of nitrogens with zero attached hydrogens (tertiary/aromatic N) is 2. The van der Waals surface area contributed by atoms with Gasteiger partial charge in [0.1, 0.15) is 0 Å². The first kappa shape index (κ1) is 22.6. The van der Waals surface area contributed by atoms with Gasteiger partial charge in [0.15, 0.2) is 0 Å². The van der Waals surface area contributed by atoms with Crippen LogP contribution in [-0.2, 0) is 0 Å². The van der Waals surface area contributed by atoms with Gasteiger partial charge in [0, 0.05) is 34.3 Å². The topological polar surface area (TPSA) is 25.8 Å². The molecule has 0 radical (unpaired) electrons. The predicted molar refractivity (Wildman–Crippen MR) is 158 cm³/mol. The van der Waals surface area contributed by atoms with E-state index in [1.54, 1.807) is 0 Å². The van der Waals surface area contributed by atoms with Crippen molar-refractivity contribution in [2.75, 3.05) is 0 Å². The summed E-state index contributed by atoms with van der Waals surface area (Å²) in [6, 6.07) is 32.0. The van der Waals surface area contributed by atoms with Crippen molar-refractivity contribution in [3.05, 3.63) is 139 Å². The van der Waals surface area contributed by atoms with Crippen molar-refractivity contribution in [2.24, 2.45) is 0 Å². The van der Waals surface area contributed by atoms with Crippen molar-refractivity contribution in [1.82, 2.24) is 9.97 Å². The molecule has 0 aliphatic heterocycles. The molecule has 0 spiro atoms. The molecule has 2 heteroatoms. The van der Waals surface area contributed by atoms with Gasteiger partial charge in [0.2, 0.25) is 0 Å². The molecular formula is C35H26N2.